The molecule has 0 bridgehead atoms. The van der Waals surface area contributed by atoms with Gasteiger partial charge in [0.1, 0.15) is 6.04 Å². The molecule has 1 fully saturated rings. The van der Waals surface area contributed by atoms with E-state index in [1.54, 1.807) is 4.90 Å². The largest absolute Gasteiger partial charge is 0.467 e. The zero-order valence-corrected chi connectivity index (χ0v) is 22.7. The number of hydrogen-bond acceptors (Lipinski definition) is 5. The molecule has 2 unspecified atom stereocenters. The van der Waals surface area contributed by atoms with E-state index in [2.05, 4.69) is 29.2 Å². The minimum atomic E-state index is -0.601. The van der Waals surface area contributed by atoms with E-state index in [1.807, 2.05) is 86.3 Å². The van der Waals surface area contributed by atoms with Crippen molar-refractivity contribution in [1.29, 1.82) is 0 Å². The first-order chi connectivity index (χ1) is 18.2. The third-order valence-electron chi connectivity index (χ3n) is 6.96. The molecule has 0 radical (unpaired) electrons. The highest BCUT2D eigenvalue weighted by molar-refractivity contribution is 7.99. The second-order valence-corrected chi connectivity index (χ2v) is 10.2. The summed E-state index contributed by atoms with van der Waals surface area (Å²) in [6.07, 6.45) is 1.62. The summed E-state index contributed by atoms with van der Waals surface area (Å²) in [6, 6.07) is 27.6. The van der Waals surface area contributed by atoms with Crippen LogP contribution in [0.1, 0.15) is 43.7 Å². The molecule has 0 aliphatic carbocycles. The number of benzene rings is 3. The van der Waals surface area contributed by atoms with Crippen LogP contribution in [0, 0.1) is 0 Å². The lowest BCUT2D eigenvalue weighted by Gasteiger charge is -2.31. The molecule has 2 heterocycles. The van der Waals surface area contributed by atoms with Crippen LogP contribution in [0.2, 0.25) is 0 Å². The maximum Gasteiger partial charge on any atom is 0.328 e. The van der Waals surface area contributed by atoms with Crippen LogP contribution in [-0.4, -0.2) is 54.8 Å². The van der Waals surface area contributed by atoms with Gasteiger partial charge in [-0.1, -0.05) is 86.6 Å². The average molecular weight is 517 g/mol. The highest BCUT2D eigenvalue weighted by Gasteiger charge is 2.45. The van der Waals surface area contributed by atoms with Crippen LogP contribution in [0.15, 0.2) is 89.8 Å². The van der Waals surface area contributed by atoms with E-state index in [-0.39, 0.29) is 17.9 Å². The van der Waals surface area contributed by atoms with E-state index in [0.717, 1.165) is 29.8 Å². The maximum absolute atomic E-state index is 14.2. The number of thioether (sulfide) groups is 1. The zero-order valence-electron chi connectivity index (χ0n) is 21.9. The molecular formula is C31H36N2O3S. The Kier molecular flexibility index (Phi) is 9.29. The summed E-state index contributed by atoms with van der Waals surface area (Å²) in [4.78, 5) is 32.6. The molecule has 194 valence electrons. The third-order valence-corrected chi connectivity index (χ3v) is 8.11. The Bertz CT molecular complexity index is 1130. The summed E-state index contributed by atoms with van der Waals surface area (Å²) in [7, 11) is 1.40. The van der Waals surface area contributed by atoms with Gasteiger partial charge in [-0.25, -0.2) is 4.79 Å². The van der Waals surface area contributed by atoms with Crippen molar-refractivity contribution < 1.29 is 14.3 Å². The van der Waals surface area contributed by atoms with Crippen molar-refractivity contribution in [1.82, 2.24) is 4.90 Å². The summed E-state index contributed by atoms with van der Waals surface area (Å²) in [5.74, 6) is 0.180. The Hall–Kier alpha value is -3.25. The topological polar surface area (TPSA) is 49.9 Å². The molecule has 5 nitrogen and oxygen atoms in total. The molecule has 6 heteroatoms. The number of ether oxygens (including phenoxy) is 1. The Morgan fingerprint density at radius 1 is 0.892 bits per heavy atom. The lowest BCUT2D eigenvalue weighted by Crippen LogP contribution is -2.44. The monoisotopic (exact) mass is 516 g/mol. The average Bonchev–Trinajstić information content (AvgIpc) is 3.29. The molecule has 2 aliphatic rings. The van der Waals surface area contributed by atoms with Crippen molar-refractivity contribution in [2.75, 3.05) is 30.9 Å². The van der Waals surface area contributed by atoms with Gasteiger partial charge < -0.3 is 14.5 Å². The van der Waals surface area contributed by atoms with Gasteiger partial charge in [-0.05, 0) is 35.4 Å². The quantitative estimate of drug-likeness (QED) is 0.390. The summed E-state index contributed by atoms with van der Waals surface area (Å²) >= 11 is 1.88. The standard InChI is InChI=1S/C29H30N2O3S.C2H6/c1-34-29(33)25-19-23(30-17-10-18-35-26-16-9-8-15-24(26)30)20-31(25)28(32)27(21-11-4-2-5-12-21)22-13-6-3-7-14-22;1-2/h2-9,11-16,23,25,27H,10,17-20H2,1H3;1-2H3. The number of amides is 1. The molecule has 1 amide bonds. The van der Waals surface area contributed by atoms with E-state index in [0.29, 0.717) is 13.0 Å². The number of para-hydroxylation sites is 1. The highest BCUT2D eigenvalue weighted by Crippen LogP contribution is 2.38. The third kappa shape index (κ3) is 5.85. The Balaban J connectivity index is 0.00000156. The summed E-state index contributed by atoms with van der Waals surface area (Å²) in [5.41, 5.74) is 3.04. The van der Waals surface area contributed by atoms with Gasteiger partial charge in [-0.2, -0.15) is 0 Å². The number of hydrogen-bond donors (Lipinski definition) is 0. The minimum Gasteiger partial charge on any atom is -0.467 e. The zero-order chi connectivity index (χ0) is 26.2. The fraction of sp³-hybridized carbons (Fsp3) is 0.355. The smallest absolute Gasteiger partial charge is 0.328 e. The molecule has 3 aromatic rings. The van der Waals surface area contributed by atoms with Crippen molar-refractivity contribution >= 4 is 29.3 Å². The van der Waals surface area contributed by atoms with Crippen molar-refractivity contribution in [3.05, 3.63) is 96.1 Å². The summed E-state index contributed by atoms with van der Waals surface area (Å²) in [6.45, 7) is 5.40. The van der Waals surface area contributed by atoms with E-state index < -0.39 is 12.0 Å². The van der Waals surface area contributed by atoms with Gasteiger partial charge in [0.15, 0.2) is 0 Å². The molecule has 1 saturated heterocycles. The number of rotatable bonds is 5. The van der Waals surface area contributed by atoms with Crippen LogP contribution in [0.5, 0.6) is 0 Å². The van der Waals surface area contributed by atoms with Crippen LogP contribution in [-0.2, 0) is 14.3 Å². The summed E-state index contributed by atoms with van der Waals surface area (Å²) in [5, 5.41) is 0. The molecular weight excluding hydrogens is 480 g/mol. The first kappa shape index (κ1) is 26.8. The number of esters is 1. The van der Waals surface area contributed by atoms with Crippen LogP contribution < -0.4 is 4.90 Å². The van der Waals surface area contributed by atoms with Crippen LogP contribution >= 0.6 is 11.8 Å². The lowest BCUT2D eigenvalue weighted by atomic mass is 9.90. The van der Waals surface area contributed by atoms with Crippen molar-refractivity contribution in [3.8, 4) is 0 Å². The van der Waals surface area contributed by atoms with Gasteiger partial charge >= 0.3 is 5.97 Å². The van der Waals surface area contributed by atoms with E-state index >= 15 is 0 Å². The van der Waals surface area contributed by atoms with Crippen LogP contribution in [0.3, 0.4) is 0 Å². The normalized spacial score (nSPS) is 18.9. The predicted molar refractivity (Wildman–Crippen MR) is 151 cm³/mol. The molecule has 2 aliphatic heterocycles. The van der Waals surface area contributed by atoms with Gasteiger partial charge in [0.2, 0.25) is 5.91 Å². The Morgan fingerprint density at radius 2 is 1.49 bits per heavy atom. The molecule has 2 atom stereocenters. The van der Waals surface area contributed by atoms with Crippen LogP contribution in [0.25, 0.3) is 0 Å². The van der Waals surface area contributed by atoms with Gasteiger partial charge in [0.25, 0.3) is 0 Å². The molecule has 0 spiro atoms. The maximum atomic E-state index is 14.2. The SMILES string of the molecule is CC.COC(=O)C1CC(N2CCCSc3ccccc32)CN1C(=O)C(c1ccccc1)c1ccccc1. The first-order valence-corrected chi connectivity index (χ1v) is 14.1. The van der Waals surface area contributed by atoms with E-state index in [1.165, 1.54) is 17.7 Å². The number of carbonyl (C=O) groups is 2. The predicted octanol–water partition coefficient (Wildman–Crippen LogP) is 5.99. The second-order valence-electron chi connectivity index (χ2n) is 9.04. The lowest BCUT2D eigenvalue weighted by molar-refractivity contribution is -0.151. The Morgan fingerprint density at radius 3 is 2.11 bits per heavy atom. The molecule has 0 N–H and O–H groups in total. The fourth-order valence-corrected chi connectivity index (χ4v) is 6.31. The van der Waals surface area contributed by atoms with E-state index in [9.17, 15) is 9.59 Å². The molecule has 37 heavy (non-hydrogen) atoms. The number of anilines is 1. The molecule has 5 rings (SSSR count). The number of nitrogens with zero attached hydrogens (tertiary/aromatic N) is 2. The van der Waals surface area contributed by atoms with Crippen molar-refractivity contribution in [2.45, 2.75) is 49.6 Å². The minimum absolute atomic E-state index is 0.0510. The Labute approximate surface area is 224 Å². The van der Waals surface area contributed by atoms with Crippen LogP contribution in [0.4, 0.5) is 5.69 Å². The molecule has 0 aromatic heterocycles. The summed E-state index contributed by atoms with van der Waals surface area (Å²) < 4.78 is 5.18. The highest BCUT2D eigenvalue weighted by atomic mass is 32.2. The van der Waals surface area contributed by atoms with Gasteiger partial charge in [0, 0.05) is 30.4 Å². The van der Waals surface area contributed by atoms with Gasteiger partial charge in [0.05, 0.1) is 18.7 Å². The first-order valence-electron chi connectivity index (χ1n) is 13.1. The molecule has 0 saturated carbocycles. The number of carbonyl (C=O) groups excluding carboxylic acids is 2. The second kappa shape index (κ2) is 12.8. The number of methoxy groups -OCH3 is 1. The van der Waals surface area contributed by atoms with Crippen molar-refractivity contribution in [2.24, 2.45) is 0 Å². The van der Waals surface area contributed by atoms with Gasteiger partial charge in [-0.3, -0.25) is 4.79 Å². The number of likely N-dealkylation sites (tertiary alicyclic amines) is 1. The van der Waals surface area contributed by atoms with Crippen molar-refractivity contribution in [3.63, 3.8) is 0 Å². The molecule has 3 aromatic carbocycles. The number of fused-ring (bicyclic) bond motifs is 1. The van der Waals surface area contributed by atoms with E-state index in [4.69, 9.17) is 4.74 Å². The van der Waals surface area contributed by atoms with Gasteiger partial charge in [-0.15, -0.1) is 11.8 Å². The fourth-order valence-electron chi connectivity index (χ4n) is 5.31.